The minimum atomic E-state index is -4.27. The average molecular weight is 1970 g/mol. The fourth-order valence-corrected chi connectivity index (χ4v) is 19.9. The summed E-state index contributed by atoms with van der Waals surface area (Å²) in [5.74, 6) is 1.94. The maximum absolute atomic E-state index is 13.8. The molecule has 0 unspecified atom stereocenters. The lowest BCUT2D eigenvalue weighted by Gasteiger charge is -2.25. The highest BCUT2D eigenvalue weighted by Gasteiger charge is 2.36. The molecule has 4 atom stereocenters. The highest BCUT2D eigenvalue weighted by molar-refractivity contribution is 9.11. The van der Waals surface area contributed by atoms with Gasteiger partial charge in [0.25, 0.3) is 11.1 Å². The molecule has 5 aliphatic rings. The van der Waals surface area contributed by atoms with Crippen molar-refractivity contribution in [1.82, 2.24) is 19.1 Å². The SMILES string of the molecule is CCOC(=O)C(Sc1ccc(Br)cc1)C(=O)OCC.CC[C@@H](c1ccccc1)n1c(C2CCCC2)nc(O)c(S(=O)(=O)c2ccc(Br)cc2)c1=O.CC[C@@H](c1ccccc1)n1c(C2CCCC2)nc(O)c(Sc2ccc(Br)cc2)c1=O.CC[C@H](N)c1ccccc1.CC[C@H](N=C(N)C1CCCC1)c1ccccc1.N#CC1CCCC1.N=C(OCCl)C1CCCC1. The van der Waals surface area contributed by atoms with Crippen LogP contribution >= 0.6 is 82.9 Å². The lowest BCUT2D eigenvalue weighted by molar-refractivity contribution is -0.152. The van der Waals surface area contributed by atoms with E-state index in [1.165, 1.54) is 91.0 Å². The number of halogens is 4. The molecule has 0 radical (unpaired) electrons. The number of thioether (sulfide) groups is 1. The van der Waals surface area contributed by atoms with Crippen LogP contribution in [-0.2, 0) is 33.6 Å². The summed E-state index contributed by atoms with van der Waals surface area (Å²) in [5, 5.41) is 36.2. The van der Waals surface area contributed by atoms with Gasteiger partial charge in [-0.15, -0.1) is 0 Å². The van der Waals surface area contributed by atoms with Crippen LogP contribution in [-0.4, -0.2) is 85.9 Å². The van der Waals surface area contributed by atoms with Crippen molar-refractivity contribution in [3.63, 3.8) is 0 Å². The van der Waals surface area contributed by atoms with E-state index in [1.807, 2.05) is 133 Å². The summed E-state index contributed by atoms with van der Waals surface area (Å²) in [4.78, 5) is 66.0. The summed E-state index contributed by atoms with van der Waals surface area (Å²) in [6.45, 7) is 12.2. The number of nitrogens with one attached hydrogen (secondary N) is 1. The van der Waals surface area contributed by atoms with E-state index >= 15 is 0 Å². The Balaban J connectivity index is 0.000000191. The molecule has 7 aromatic carbocycles. The van der Waals surface area contributed by atoms with Crippen LogP contribution in [0.2, 0.25) is 0 Å². The van der Waals surface area contributed by atoms with Gasteiger partial charge in [-0.3, -0.25) is 38.7 Å². The van der Waals surface area contributed by atoms with E-state index in [-0.39, 0.29) is 76.5 Å². The average Bonchev–Trinajstić information content (AvgIpc) is 1.75. The Morgan fingerprint density at radius 1 is 0.536 bits per heavy atom. The summed E-state index contributed by atoms with van der Waals surface area (Å²) in [7, 11) is -4.27. The number of carbonyl (C=O) groups excluding carboxylic acids is 2. The van der Waals surface area contributed by atoms with Crippen LogP contribution in [0, 0.1) is 34.5 Å². The molecule has 27 heteroatoms. The predicted octanol–water partition coefficient (Wildman–Crippen LogP) is 24.6. The number of benzene rings is 7. The molecule has 2 heterocycles. The van der Waals surface area contributed by atoms with Crippen molar-refractivity contribution in [3.05, 3.63) is 262 Å². The molecule has 5 fully saturated rings. The second-order valence-corrected chi connectivity index (χ2v) is 38.3. The molecule has 670 valence electrons. The minimum absolute atomic E-state index is 0.01000. The number of nitrogens with two attached hydrogens (primary N) is 2. The van der Waals surface area contributed by atoms with E-state index in [1.54, 1.807) is 26.0 Å². The van der Waals surface area contributed by atoms with Gasteiger partial charge in [0.2, 0.25) is 26.8 Å². The number of nitriles is 1. The summed E-state index contributed by atoms with van der Waals surface area (Å²) < 4.78 is 47.4. The standard InChI is InChI=1S/C24H25BrN2O4S.C24H25BrN2O2S.C15H22N2.C13H15BrO4S.C9H13N.C7H12ClNO.C6H9N/c1-2-20(16-8-4-3-5-9-16)27-22(17-10-6-7-11-17)26-23(28)21(24(27)29)32(30,31)19-14-12-18(25)13-15-19;1-2-20(16-8-4-3-5-9-16)27-22(17-10-6-7-11-17)26-23(28)21(24(27)29)30-19-14-12-18(25)13-15-19;1-2-14(12-8-4-3-5-9-12)17-15(16)13-10-6-7-11-13;1-3-17-12(15)11(13(16)18-4-2)19-10-7-5-9(14)6-8-10;1-2-9(10)8-6-4-3-5-7-8;8-5-10-7(9)6-3-1-2-4-6;7-5-6-3-1-2-4-6/h3-5,8-9,12-15,17,20,28H,2,6-7,10-11H2,1H3;3-5,8-9,12-15,17,20,28H,2,6-7,10-11H2,1H3;3-5,8-9,13-14H,2,6-7,10-11H2,1H3,(H2,16,17);5-8,11H,3-4H2,1-2H3;3-7,9H,2,10H2,1H3;6,9H,1-5H2;6H,1-4H2/t2*20-;14-;;9-;;/m000.0../s1. The van der Waals surface area contributed by atoms with E-state index in [4.69, 9.17) is 52.9 Å². The largest absolute Gasteiger partial charge is 0.492 e. The number of aliphatic imine (C=N–C) groups is 1. The molecule has 0 bridgehead atoms. The molecule has 0 spiro atoms. The first-order valence-electron chi connectivity index (χ1n) is 43.8. The Bertz CT molecular complexity index is 5070. The number of esters is 2. The summed E-state index contributed by atoms with van der Waals surface area (Å²) in [6.07, 6.45) is 26.0. The molecular weight excluding hydrogens is 1850 g/mol. The van der Waals surface area contributed by atoms with Crippen molar-refractivity contribution in [2.24, 2.45) is 34.2 Å². The van der Waals surface area contributed by atoms with Crippen LogP contribution in [0.25, 0.3) is 0 Å². The van der Waals surface area contributed by atoms with Gasteiger partial charge in [-0.05, 0) is 199 Å². The second kappa shape index (κ2) is 54.1. The zero-order valence-corrected chi connectivity index (χ0v) is 80.4. The summed E-state index contributed by atoms with van der Waals surface area (Å²) in [6, 6.07) is 63.6. The molecule has 0 aliphatic heterocycles. The van der Waals surface area contributed by atoms with Crippen molar-refractivity contribution in [2.45, 2.75) is 261 Å². The number of rotatable bonds is 26. The first kappa shape index (κ1) is 102. The van der Waals surface area contributed by atoms with Crippen LogP contribution in [0.15, 0.2) is 247 Å². The summed E-state index contributed by atoms with van der Waals surface area (Å²) in [5.41, 5.74) is 15.5. The van der Waals surface area contributed by atoms with Gasteiger partial charge in [0.1, 0.15) is 16.5 Å². The highest BCUT2D eigenvalue weighted by Crippen LogP contribution is 2.42. The Morgan fingerprint density at radius 3 is 1.34 bits per heavy atom. The third kappa shape index (κ3) is 30.9. The Labute approximate surface area is 777 Å². The number of ether oxygens (including phenoxy) is 3. The topological polar surface area (TPSA) is 318 Å². The zero-order chi connectivity index (χ0) is 90.2. The molecule has 5 saturated carbocycles. The zero-order valence-electron chi connectivity index (χ0n) is 72.5. The van der Waals surface area contributed by atoms with Crippen molar-refractivity contribution in [3.8, 4) is 17.8 Å². The molecule has 14 rings (SSSR count). The van der Waals surface area contributed by atoms with Gasteiger partial charge in [0.05, 0.1) is 48.1 Å². The van der Waals surface area contributed by atoms with E-state index in [9.17, 15) is 37.8 Å². The molecule has 20 nitrogen and oxygen atoms in total. The maximum atomic E-state index is 13.8. The Kier molecular flexibility index (Phi) is 44.1. The normalized spacial score (nSPS) is 15.8. The highest BCUT2D eigenvalue weighted by atomic mass is 79.9. The first-order valence-corrected chi connectivity index (χ1v) is 49.9. The van der Waals surface area contributed by atoms with Crippen molar-refractivity contribution in [1.29, 1.82) is 10.7 Å². The molecule has 5 aliphatic carbocycles. The third-order valence-corrected chi connectivity index (χ3v) is 28.4. The van der Waals surface area contributed by atoms with Crippen LogP contribution in [0.3, 0.4) is 0 Å². The number of alkyl halides is 1. The van der Waals surface area contributed by atoms with Gasteiger partial charge in [0, 0.05) is 58.8 Å². The van der Waals surface area contributed by atoms with E-state index in [0.29, 0.717) is 40.4 Å². The van der Waals surface area contributed by atoms with E-state index in [0.717, 1.165) is 150 Å². The third-order valence-electron chi connectivity index (χ3n) is 22.7. The number of hydrogen-bond acceptors (Lipinski definition) is 19. The minimum Gasteiger partial charge on any atom is -0.492 e. The molecule has 7 N–H and O–H groups in total. The molecule has 2 aromatic heterocycles. The van der Waals surface area contributed by atoms with Crippen LogP contribution in [0.4, 0.5) is 0 Å². The molecule has 125 heavy (non-hydrogen) atoms. The van der Waals surface area contributed by atoms with Gasteiger partial charge in [0.15, 0.2) is 16.9 Å². The number of hydrogen-bond donors (Lipinski definition) is 5. The lowest BCUT2D eigenvalue weighted by atomic mass is 10.0. The Morgan fingerprint density at radius 2 is 0.928 bits per heavy atom. The van der Waals surface area contributed by atoms with E-state index < -0.39 is 43.4 Å². The molecule has 0 saturated heterocycles. The fourth-order valence-electron chi connectivity index (χ4n) is 16.0. The monoisotopic (exact) mass is 1970 g/mol. The number of sulfone groups is 1. The van der Waals surface area contributed by atoms with Gasteiger partial charge >= 0.3 is 11.9 Å². The van der Waals surface area contributed by atoms with Crippen LogP contribution < -0.4 is 22.6 Å². The van der Waals surface area contributed by atoms with Crippen molar-refractivity contribution < 1.29 is 42.4 Å². The quantitative estimate of drug-likeness (QED) is 0.00840. The van der Waals surface area contributed by atoms with Gasteiger partial charge in [-0.2, -0.15) is 15.2 Å². The number of aromatic nitrogens is 4. The van der Waals surface area contributed by atoms with Crippen molar-refractivity contribution >= 4 is 116 Å². The molecule has 0 amide bonds. The van der Waals surface area contributed by atoms with Crippen LogP contribution in [0.5, 0.6) is 11.8 Å². The molecular formula is C98H121Br3ClN9O11S3. The van der Waals surface area contributed by atoms with E-state index in [2.05, 4.69) is 133 Å². The number of amidine groups is 1. The fraction of sp³-hybridized carbons (Fsp3) is 0.439. The van der Waals surface area contributed by atoms with Crippen LogP contribution in [0.1, 0.15) is 266 Å². The van der Waals surface area contributed by atoms with Gasteiger partial charge in [-0.1, -0.05) is 296 Å². The number of carbonyl (C=O) groups is 2. The predicted molar refractivity (Wildman–Crippen MR) is 513 cm³/mol. The number of nitrogens with zero attached hydrogens (tertiary/aromatic N) is 6. The summed E-state index contributed by atoms with van der Waals surface area (Å²) >= 11 is 17.8. The molecule has 9 aromatic rings. The first-order chi connectivity index (χ1) is 60.4. The second-order valence-electron chi connectivity index (χ2n) is 31.2. The van der Waals surface area contributed by atoms with Gasteiger partial charge in [-0.25, -0.2) is 8.42 Å². The smallest absolute Gasteiger partial charge is 0.331 e. The Hall–Kier alpha value is -8.39. The lowest BCUT2D eigenvalue weighted by Crippen LogP contribution is -2.34. The van der Waals surface area contributed by atoms with Crippen molar-refractivity contribution in [2.75, 3.05) is 19.3 Å². The van der Waals surface area contributed by atoms with Gasteiger partial charge < -0.3 is 35.9 Å². The maximum Gasteiger partial charge on any atom is 0.331 e. The number of aromatic hydroxyl groups is 2.